The lowest BCUT2D eigenvalue weighted by molar-refractivity contribution is -0.141. The summed E-state index contributed by atoms with van der Waals surface area (Å²) < 4.78 is 52.4. The normalized spacial score (nSPS) is 11.0. The number of halogens is 3. The molecule has 1 aromatic carbocycles. The summed E-state index contributed by atoms with van der Waals surface area (Å²) in [5, 5.41) is 2.24. The molecule has 9 heteroatoms. The number of benzene rings is 1. The van der Waals surface area contributed by atoms with Crippen LogP contribution in [-0.2, 0) is 14.3 Å². The van der Waals surface area contributed by atoms with Crippen LogP contribution < -0.4 is 5.32 Å². The van der Waals surface area contributed by atoms with E-state index in [4.69, 9.17) is 4.74 Å². The van der Waals surface area contributed by atoms with Crippen molar-refractivity contribution in [3.8, 4) is 0 Å². The molecule has 0 aliphatic carbocycles. The van der Waals surface area contributed by atoms with Gasteiger partial charge in [0.05, 0.1) is 17.7 Å². The van der Waals surface area contributed by atoms with E-state index < -0.39 is 65.0 Å². The van der Waals surface area contributed by atoms with Crippen LogP contribution in [0.2, 0.25) is 0 Å². The molecule has 154 valence electrons. The first-order valence-corrected chi connectivity index (χ1v) is 8.38. The summed E-state index contributed by atoms with van der Waals surface area (Å²) in [6, 6.07) is 0.480. The zero-order valence-electron chi connectivity index (χ0n) is 16.1. The first-order chi connectivity index (χ1) is 12.9. The van der Waals surface area contributed by atoms with Gasteiger partial charge in [0, 0.05) is 6.54 Å². The van der Waals surface area contributed by atoms with Gasteiger partial charge in [0.25, 0.3) is 0 Å². The van der Waals surface area contributed by atoms with Crippen LogP contribution in [0.5, 0.6) is 0 Å². The van der Waals surface area contributed by atoms with E-state index >= 15 is 0 Å². The van der Waals surface area contributed by atoms with E-state index in [1.165, 1.54) is 6.92 Å². The molecule has 0 saturated heterocycles. The van der Waals surface area contributed by atoms with Crippen LogP contribution >= 0.6 is 0 Å². The maximum atomic E-state index is 14.3. The lowest BCUT2D eigenvalue weighted by Gasteiger charge is -2.20. The summed E-state index contributed by atoms with van der Waals surface area (Å²) in [5.41, 5.74) is -2.79. The highest BCUT2D eigenvalue weighted by Gasteiger charge is 2.26. The van der Waals surface area contributed by atoms with Crippen molar-refractivity contribution in [2.75, 3.05) is 13.2 Å². The Morgan fingerprint density at radius 3 is 2.29 bits per heavy atom. The number of alkyl carbamates (subject to hydrolysis) is 1. The molecule has 1 N–H and O–H groups in total. The van der Waals surface area contributed by atoms with Crippen LogP contribution in [0, 0.1) is 17.5 Å². The van der Waals surface area contributed by atoms with Gasteiger partial charge < -0.3 is 14.8 Å². The fourth-order valence-corrected chi connectivity index (χ4v) is 2.14. The highest BCUT2D eigenvalue weighted by atomic mass is 19.2. The molecular formula is C19H22F3NO5. The number of ether oxygens (including phenoxy) is 2. The maximum Gasteiger partial charge on any atom is 0.407 e. The number of carbonyl (C=O) groups excluding carboxylic acids is 3. The van der Waals surface area contributed by atoms with Crippen molar-refractivity contribution in [3.63, 3.8) is 0 Å². The molecule has 1 amide bonds. The number of rotatable bonds is 7. The zero-order chi connectivity index (χ0) is 21.6. The van der Waals surface area contributed by atoms with Crippen molar-refractivity contribution < 1.29 is 37.0 Å². The van der Waals surface area contributed by atoms with Crippen LogP contribution in [0.4, 0.5) is 18.0 Å². The van der Waals surface area contributed by atoms with Gasteiger partial charge in [0.2, 0.25) is 0 Å². The lowest BCUT2D eigenvalue weighted by atomic mass is 9.99. The van der Waals surface area contributed by atoms with Gasteiger partial charge in [-0.2, -0.15) is 0 Å². The van der Waals surface area contributed by atoms with E-state index in [0.29, 0.717) is 6.07 Å². The molecule has 0 spiro atoms. The highest BCUT2D eigenvalue weighted by Crippen LogP contribution is 2.26. The van der Waals surface area contributed by atoms with E-state index in [2.05, 4.69) is 16.6 Å². The average molecular weight is 401 g/mol. The minimum absolute atomic E-state index is 0.000722. The fourth-order valence-electron chi connectivity index (χ4n) is 2.14. The molecule has 0 bridgehead atoms. The third kappa shape index (κ3) is 6.40. The molecule has 0 fully saturated rings. The molecule has 0 heterocycles. The Balaban J connectivity index is 2.99. The molecule has 0 saturated carbocycles. The topological polar surface area (TPSA) is 81.7 Å². The number of hydrogen-bond donors (Lipinski definition) is 1. The van der Waals surface area contributed by atoms with Gasteiger partial charge in [-0.05, 0) is 39.3 Å². The molecule has 0 radical (unpaired) electrons. The van der Waals surface area contributed by atoms with E-state index in [1.54, 1.807) is 20.8 Å². The van der Waals surface area contributed by atoms with Crippen LogP contribution in [0.3, 0.4) is 0 Å². The van der Waals surface area contributed by atoms with Gasteiger partial charge in [0.1, 0.15) is 17.8 Å². The zero-order valence-corrected chi connectivity index (χ0v) is 16.1. The molecule has 0 aliphatic rings. The largest absolute Gasteiger partial charge is 0.466 e. The van der Waals surface area contributed by atoms with Gasteiger partial charge in [-0.15, -0.1) is 0 Å². The van der Waals surface area contributed by atoms with Crippen LogP contribution in [0.15, 0.2) is 12.6 Å². The Kier molecular flexibility index (Phi) is 7.78. The number of nitrogens with one attached hydrogen (secondary N) is 1. The summed E-state index contributed by atoms with van der Waals surface area (Å²) >= 11 is 0. The molecule has 28 heavy (non-hydrogen) atoms. The number of carbonyl (C=O) groups is 3. The Morgan fingerprint density at radius 1 is 1.14 bits per heavy atom. The van der Waals surface area contributed by atoms with Crippen LogP contribution in [0.25, 0.3) is 5.57 Å². The number of Topliss-reactive ketones (excluding diaryl/α,β-unsaturated/α-hetero) is 1. The first-order valence-electron chi connectivity index (χ1n) is 8.38. The second-order valence-electron chi connectivity index (χ2n) is 6.77. The molecule has 6 nitrogen and oxygen atoms in total. The second-order valence-corrected chi connectivity index (χ2v) is 6.77. The van der Waals surface area contributed by atoms with Crippen molar-refractivity contribution in [3.05, 3.63) is 41.2 Å². The van der Waals surface area contributed by atoms with Crippen molar-refractivity contribution >= 4 is 23.4 Å². The lowest BCUT2D eigenvalue weighted by Crippen LogP contribution is -2.33. The molecule has 0 aliphatic heterocycles. The van der Waals surface area contributed by atoms with Gasteiger partial charge in [0.15, 0.2) is 17.4 Å². The van der Waals surface area contributed by atoms with Crippen LogP contribution in [0.1, 0.15) is 50.0 Å². The number of ketones is 1. The molecule has 0 atom stereocenters. The van der Waals surface area contributed by atoms with E-state index in [-0.39, 0.29) is 12.2 Å². The van der Waals surface area contributed by atoms with Gasteiger partial charge in [-0.3, -0.25) is 9.59 Å². The van der Waals surface area contributed by atoms with Gasteiger partial charge in [-0.1, -0.05) is 6.58 Å². The number of hydrogen-bond acceptors (Lipinski definition) is 5. The Hall–Kier alpha value is -2.84. The molecular weight excluding hydrogens is 379 g/mol. The minimum Gasteiger partial charge on any atom is -0.466 e. The van der Waals surface area contributed by atoms with E-state index in [9.17, 15) is 27.6 Å². The summed E-state index contributed by atoms with van der Waals surface area (Å²) in [5.74, 6) is -6.60. The predicted molar refractivity (Wildman–Crippen MR) is 95.2 cm³/mol. The van der Waals surface area contributed by atoms with Crippen molar-refractivity contribution in [2.24, 2.45) is 0 Å². The Morgan fingerprint density at radius 2 is 1.75 bits per heavy atom. The monoisotopic (exact) mass is 401 g/mol. The smallest absolute Gasteiger partial charge is 0.407 e. The van der Waals surface area contributed by atoms with E-state index in [0.717, 1.165) is 0 Å². The summed E-state index contributed by atoms with van der Waals surface area (Å²) in [6.45, 7) is 9.40. The molecule has 1 aromatic rings. The highest BCUT2D eigenvalue weighted by molar-refractivity contribution is 6.06. The maximum absolute atomic E-state index is 14.3. The fraction of sp³-hybridized carbons (Fsp3) is 0.421. The number of amides is 1. The summed E-state index contributed by atoms with van der Waals surface area (Å²) in [4.78, 5) is 34.8. The van der Waals surface area contributed by atoms with Crippen molar-refractivity contribution in [2.45, 2.75) is 39.7 Å². The third-order valence-electron chi connectivity index (χ3n) is 3.27. The van der Waals surface area contributed by atoms with Crippen molar-refractivity contribution in [1.82, 2.24) is 5.32 Å². The Bertz CT molecular complexity index is 800. The van der Waals surface area contributed by atoms with Crippen LogP contribution in [-0.4, -0.2) is 36.6 Å². The quantitative estimate of drug-likeness (QED) is 0.326. The summed E-state index contributed by atoms with van der Waals surface area (Å²) in [6.07, 6.45) is -1.71. The van der Waals surface area contributed by atoms with Gasteiger partial charge >= 0.3 is 12.1 Å². The molecule has 0 aromatic heterocycles. The summed E-state index contributed by atoms with van der Waals surface area (Å²) in [7, 11) is 0. The number of esters is 1. The second kappa shape index (κ2) is 9.38. The standard InChI is InChI=1S/C19H22F3NO5/c1-6-27-14(25)8-13(24)11-7-12(20)15(17(22)16(11)21)10(2)9-23-18(26)28-19(3,4)5/h7H,2,6,8-9H2,1,3-5H3,(H,23,26). The van der Waals surface area contributed by atoms with Crippen molar-refractivity contribution in [1.29, 1.82) is 0 Å². The average Bonchev–Trinajstić information content (AvgIpc) is 2.54. The SMILES string of the molecule is C=C(CNC(=O)OC(C)(C)C)c1c(F)cc(C(=O)CC(=O)OCC)c(F)c1F. The van der Waals surface area contributed by atoms with E-state index in [1.807, 2.05) is 0 Å². The van der Waals surface area contributed by atoms with Gasteiger partial charge in [-0.25, -0.2) is 18.0 Å². The molecule has 0 unspecified atom stereocenters. The Labute approximate surface area is 160 Å². The third-order valence-corrected chi connectivity index (χ3v) is 3.27. The predicted octanol–water partition coefficient (Wildman–Crippen LogP) is 3.78. The molecule has 1 rings (SSSR count). The minimum atomic E-state index is -1.65. The first kappa shape index (κ1) is 23.2.